The lowest BCUT2D eigenvalue weighted by Crippen LogP contribution is -2.18. The Hall–Kier alpha value is -3.66. The van der Waals surface area contributed by atoms with Crippen LogP contribution in [-0.2, 0) is 11.2 Å². The molecule has 164 valence electrons. The summed E-state index contributed by atoms with van der Waals surface area (Å²) >= 11 is 1.09. The molecule has 0 aliphatic rings. The second kappa shape index (κ2) is 9.65. The Morgan fingerprint density at radius 3 is 2.66 bits per heavy atom. The van der Waals surface area contributed by atoms with Crippen LogP contribution in [0, 0.1) is 0 Å². The molecule has 10 heteroatoms. The van der Waals surface area contributed by atoms with Gasteiger partial charge in [-0.3, -0.25) is 4.79 Å². The predicted octanol–water partition coefficient (Wildman–Crippen LogP) is 4.07. The molecule has 1 heterocycles. The summed E-state index contributed by atoms with van der Waals surface area (Å²) in [4.78, 5) is 12.3. The maximum Gasteiger partial charge on any atom is 0.387 e. The zero-order chi connectivity index (χ0) is 22.5. The number of anilines is 1. The lowest BCUT2D eigenvalue weighted by molar-refractivity contribution is -0.113. The van der Waals surface area contributed by atoms with E-state index in [1.807, 2.05) is 42.5 Å². The summed E-state index contributed by atoms with van der Waals surface area (Å²) in [5.41, 5.74) is 1.22. The molecule has 0 aliphatic heterocycles. The molecule has 3 N–H and O–H groups in total. The van der Waals surface area contributed by atoms with E-state index in [2.05, 4.69) is 20.3 Å². The van der Waals surface area contributed by atoms with E-state index < -0.39 is 12.5 Å². The first-order chi connectivity index (χ1) is 15.5. The van der Waals surface area contributed by atoms with Gasteiger partial charge in [0.1, 0.15) is 5.75 Å². The van der Waals surface area contributed by atoms with Crippen LogP contribution in [0.5, 0.6) is 5.75 Å². The van der Waals surface area contributed by atoms with Crippen LogP contribution in [0.3, 0.4) is 0 Å². The zero-order valence-corrected chi connectivity index (χ0v) is 17.6. The van der Waals surface area contributed by atoms with Gasteiger partial charge >= 0.3 is 6.61 Å². The van der Waals surface area contributed by atoms with Crippen LogP contribution in [0.1, 0.15) is 11.4 Å². The minimum absolute atomic E-state index is 0.0351. The first-order valence-corrected chi connectivity index (χ1v) is 10.6. The van der Waals surface area contributed by atoms with Gasteiger partial charge in [-0.15, -0.1) is 10.2 Å². The van der Waals surface area contributed by atoms with Crippen molar-refractivity contribution in [1.82, 2.24) is 14.9 Å². The van der Waals surface area contributed by atoms with Gasteiger partial charge in [0.05, 0.1) is 11.4 Å². The third-order valence-electron chi connectivity index (χ3n) is 4.67. The van der Waals surface area contributed by atoms with Crippen LogP contribution in [0.2, 0.25) is 0 Å². The SMILES string of the molecule is Nn1c(Cc2cccc3ccccc23)nnc1SCC(=O)Nc1ccccc1OC(F)F. The number of nitrogens with two attached hydrogens (primary N) is 1. The number of thioether (sulfide) groups is 1. The molecule has 4 rings (SSSR count). The van der Waals surface area contributed by atoms with E-state index in [0.717, 1.165) is 28.1 Å². The number of benzene rings is 3. The maximum atomic E-state index is 12.5. The molecular weight excluding hydrogens is 436 g/mol. The van der Waals surface area contributed by atoms with E-state index in [0.29, 0.717) is 17.4 Å². The van der Waals surface area contributed by atoms with Crippen molar-refractivity contribution in [2.75, 3.05) is 16.9 Å². The van der Waals surface area contributed by atoms with Gasteiger partial charge in [0, 0.05) is 6.42 Å². The molecule has 1 amide bonds. The number of hydrogen-bond donors (Lipinski definition) is 2. The molecule has 0 saturated carbocycles. The third kappa shape index (κ3) is 4.97. The molecule has 7 nitrogen and oxygen atoms in total. The number of rotatable bonds is 8. The van der Waals surface area contributed by atoms with Crippen LogP contribution in [0.15, 0.2) is 71.9 Å². The van der Waals surface area contributed by atoms with Crippen molar-refractivity contribution in [3.63, 3.8) is 0 Å². The molecule has 32 heavy (non-hydrogen) atoms. The number of nitrogen functional groups attached to an aromatic ring is 1. The molecule has 0 atom stereocenters. The highest BCUT2D eigenvalue weighted by molar-refractivity contribution is 7.99. The van der Waals surface area contributed by atoms with Gasteiger partial charge in [-0.05, 0) is 28.5 Å². The van der Waals surface area contributed by atoms with Crippen molar-refractivity contribution in [2.24, 2.45) is 0 Å². The minimum atomic E-state index is -2.99. The average molecular weight is 455 g/mol. The van der Waals surface area contributed by atoms with Crippen molar-refractivity contribution >= 4 is 34.1 Å². The fourth-order valence-corrected chi connectivity index (χ4v) is 3.90. The van der Waals surface area contributed by atoms with Crippen molar-refractivity contribution in [3.05, 3.63) is 78.1 Å². The van der Waals surface area contributed by atoms with E-state index in [1.165, 1.54) is 22.9 Å². The second-order valence-electron chi connectivity index (χ2n) is 6.80. The van der Waals surface area contributed by atoms with Gasteiger partial charge in [-0.2, -0.15) is 8.78 Å². The van der Waals surface area contributed by atoms with E-state index >= 15 is 0 Å². The largest absolute Gasteiger partial charge is 0.433 e. The molecule has 1 aromatic heterocycles. The van der Waals surface area contributed by atoms with Crippen LogP contribution < -0.4 is 15.9 Å². The van der Waals surface area contributed by atoms with Gasteiger partial charge in [0.25, 0.3) is 0 Å². The summed E-state index contributed by atoms with van der Waals surface area (Å²) in [5.74, 6) is 6.14. The van der Waals surface area contributed by atoms with Gasteiger partial charge in [-0.1, -0.05) is 66.4 Å². The lowest BCUT2D eigenvalue weighted by atomic mass is 10.0. The molecule has 0 fully saturated rings. The number of hydrogen-bond acceptors (Lipinski definition) is 6. The number of fused-ring (bicyclic) bond motifs is 1. The second-order valence-corrected chi connectivity index (χ2v) is 7.74. The highest BCUT2D eigenvalue weighted by atomic mass is 32.2. The van der Waals surface area contributed by atoms with Crippen molar-refractivity contribution in [1.29, 1.82) is 0 Å². The summed E-state index contributed by atoms with van der Waals surface area (Å²) in [5, 5.41) is 13.4. The fourth-order valence-electron chi connectivity index (χ4n) is 3.23. The summed E-state index contributed by atoms with van der Waals surface area (Å²) in [7, 11) is 0. The van der Waals surface area contributed by atoms with Crippen molar-refractivity contribution in [3.8, 4) is 5.75 Å². The number of halogens is 2. The van der Waals surface area contributed by atoms with Gasteiger partial charge in [0.2, 0.25) is 11.1 Å². The molecule has 0 spiro atoms. The summed E-state index contributed by atoms with van der Waals surface area (Å²) in [6.45, 7) is -2.99. The number of carbonyl (C=O) groups is 1. The van der Waals surface area contributed by atoms with E-state index in [-0.39, 0.29) is 17.2 Å². The predicted molar refractivity (Wildman–Crippen MR) is 119 cm³/mol. The van der Waals surface area contributed by atoms with Crippen LogP contribution in [0.25, 0.3) is 10.8 Å². The first-order valence-electron chi connectivity index (χ1n) is 9.64. The summed E-state index contributed by atoms with van der Waals surface area (Å²) in [6.07, 6.45) is 0.482. The van der Waals surface area contributed by atoms with Crippen molar-refractivity contribution in [2.45, 2.75) is 18.2 Å². The number of alkyl halides is 2. The van der Waals surface area contributed by atoms with Gasteiger partial charge in [-0.25, -0.2) is 4.68 Å². The zero-order valence-electron chi connectivity index (χ0n) is 16.7. The number of aromatic nitrogens is 3. The fraction of sp³-hybridized carbons (Fsp3) is 0.136. The highest BCUT2D eigenvalue weighted by Gasteiger charge is 2.15. The molecule has 0 bridgehead atoms. The van der Waals surface area contributed by atoms with Crippen LogP contribution >= 0.6 is 11.8 Å². The number of carbonyl (C=O) groups excluding carboxylic acids is 1. The highest BCUT2D eigenvalue weighted by Crippen LogP contribution is 2.26. The molecule has 0 aliphatic carbocycles. The number of nitrogens with one attached hydrogen (secondary N) is 1. The summed E-state index contributed by atoms with van der Waals surface area (Å²) < 4.78 is 30.8. The Labute approximate surface area is 186 Å². The number of nitrogens with zero attached hydrogens (tertiary/aromatic N) is 3. The van der Waals surface area contributed by atoms with Gasteiger partial charge in [0.15, 0.2) is 5.82 Å². The molecule has 0 radical (unpaired) electrons. The van der Waals surface area contributed by atoms with E-state index in [1.54, 1.807) is 6.07 Å². The Kier molecular flexibility index (Phi) is 6.50. The molecule has 4 aromatic rings. The topological polar surface area (TPSA) is 95.1 Å². The number of amides is 1. The molecular formula is C22H19F2N5O2S. The van der Waals surface area contributed by atoms with Gasteiger partial charge < -0.3 is 15.9 Å². The Morgan fingerprint density at radius 1 is 1.06 bits per heavy atom. The molecule has 0 saturated heterocycles. The number of para-hydroxylation sites is 2. The van der Waals surface area contributed by atoms with Crippen molar-refractivity contribution < 1.29 is 18.3 Å². The molecule has 3 aromatic carbocycles. The Morgan fingerprint density at radius 2 is 1.81 bits per heavy atom. The average Bonchev–Trinajstić information content (AvgIpc) is 3.13. The third-order valence-corrected chi connectivity index (χ3v) is 5.62. The molecule has 0 unspecified atom stereocenters. The number of ether oxygens (including phenoxy) is 1. The monoisotopic (exact) mass is 455 g/mol. The first kappa shape index (κ1) is 21.6. The van der Waals surface area contributed by atoms with E-state index in [4.69, 9.17) is 5.84 Å². The maximum absolute atomic E-state index is 12.5. The Bertz CT molecular complexity index is 1240. The lowest BCUT2D eigenvalue weighted by Gasteiger charge is -2.11. The van der Waals surface area contributed by atoms with E-state index in [9.17, 15) is 13.6 Å². The quantitative estimate of drug-likeness (QED) is 0.307. The van der Waals surface area contributed by atoms with Crippen LogP contribution in [0.4, 0.5) is 14.5 Å². The standard InChI is InChI=1S/C22H19F2N5O2S/c23-21(24)31-18-11-4-3-10-17(18)26-20(30)13-32-22-28-27-19(29(22)25)12-15-8-5-7-14-6-1-2-9-16(14)15/h1-11,21H,12-13,25H2,(H,26,30). The smallest absolute Gasteiger partial charge is 0.387 e. The normalized spacial score (nSPS) is 11.1. The Balaban J connectivity index is 1.41. The van der Waals surface area contributed by atoms with Crippen LogP contribution in [-0.4, -0.2) is 33.1 Å². The minimum Gasteiger partial charge on any atom is -0.433 e. The summed E-state index contributed by atoms with van der Waals surface area (Å²) in [6, 6.07) is 20.0.